The summed E-state index contributed by atoms with van der Waals surface area (Å²) >= 11 is 2.93. The molecule has 134 valence electrons. The Kier molecular flexibility index (Phi) is 4.96. The van der Waals surface area contributed by atoms with Crippen molar-refractivity contribution in [3.8, 4) is 0 Å². The number of ketones is 1. The summed E-state index contributed by atoms with van der Waals surface area (Å²) < 4.78 is 0. The van der Waals surface area contributed by atoms with Gasteiger partial charge < -0.3 is 4.98 Å². The largest absolute Gasteiger partial charge is 0.301 e. The number of carbonyl (C=O) groups is 1. The van der Waals surface area contributed by atoms with E-state index in [4.69, 9.17) is 0 Å². The highest BCUT2D eigenvalue weighted by molar-refractivity contribution is 7.99. The van der Waals surface area contributed by atoms with Crippen molar-refractivity contribution in [2.45, 2.75) is 44.2 Å². The number of aromatic amines is 1. The standard InChI is InChI=1S/C20H20N2O2S2/c1-2-12-7-9-13(10-8-12)15(23)11-25-20-21-18(24)17-14-5-3-4-6-16(14)26-19(17)22-20/h7-10H,2-6,11H2,1H3,(H,21,22,24). The van der Waals surface area contributed by atoms with Crippen molar-refractivity contribution in [1.29, 1.82) is 0 Å². The van der Waals surface area contributed by atoms with Gasteiger partial charge in [0.15, 0.2) is 10.9 Å². The molecule has 4 nitrogen and oxygen atoms in total. The van der Waals surface area contributed by atoms with Gasteiger partial charge in [-0.25, -0.2) is 4.98 Å². The van der Waals surface area contributed by atoms with Crippen LogP contribution in [-0.4, -0.2) is 21.5 Å². The molecule has 0 amide bonds. The van der Waals surface area contributed by atoms with Gasteiger partial charge in [-0.05, 0) is 43.2 Å². The minimum atomic E-state index is -0.0725. The van der Waals surface area contributed by atoms with Crippen molar-refractivity contribution in [3.05, 3.63) is 56.2 Å². The minimum absolute atomic E-state index is 0.0471. The molecule has 0 fully saturated rings. The number of aryl methyl sites for hydroxylation is 3. The van der Waals surface area contributed by atoms with Crippen molar-refractivity contribution in [2.24, 2.45) is 0 Å². The van der Waals surface area contributed by atoms with Crippen LogP contribution in [-0.2, 0) is 19.3 Å². The highest BCUT2D eigenvalue weighted by Crippen LogP contribution is 2.34. The first kappa shape index (κ1) is 17.5. The average molecular weight is 385 g/mol. The molecule has 0 unspecified atom stereocenters. The van der Waals surface area contributed by atoms with Crippen molar-refractivity contribution >= 4 is 39.1 Å². The molecule has 0 bridgehead atoms. The number of thiophene rings is 1. The fourth-order valence-electron chi connectivity index (χ4n) is 3.36. The number of Topliss-reactive ketones (excluding diaryl/α,β-unsaturated/α-hetero) is 1. The second kappa shape index (κ2) is 7.37. The van der Waals surface area contributed by atoms with Crippen LogP contribution in [0.15, 0.2) is 34.2 Å². The van der Waals surface area contributed by atoms with Gasteiger partial charge in [0.1, 0.15) is 4.83 Å². The summed E-state index contributed by atoms with van der Waals surface area (Å²) in [6, 6.07) is 7.71. The molecule has 0 spiro atoms. The summed E-state index contributed by atoms with van der Waals surface area (Å²) in [7, 11) is 0. The number of carbonyl (C=O) groups excluding carboxylic acids is 1. The first-order valence-electron chi connectivity index (χ1n) is 8.95. The normalized spacial score (nSPS) is 13.7. The summed E-state index contributed by atoms with van der Waals surface area (Å²) in [5, 5.41) is 1.29. The molecule has 2 heterocycles. The van der Waals surface area contributed by atoms with E-state index in [0.29, 0.717) is 10.7 Å². The minimum Gasteiger partial charge on any atom is -0.301 e. The van der Waals surface area contributed by atoms with Crippen molar-refractivity contribution in [1.82, 2.24) is 9.97 Å². The quantitative estimate of drug-likeness (QED) is 0.402. The maximum Gasteiger partial charge on any atom is 0.260 e. The number of rotatable bonds is 5. The van der Waals surface area contributed by atoms with E-state index in [9.17, 15) is 9.59 Å². The summed E-state index contributed by atoms with van der Waals surface area (Å²) in [5.41, 5.74) is 3.03. The van der Waals surface area contributed by atoms with E-state index < -0.39 is 0 Å². The molecule has 0 atom stereocenters. The van der Waals surface area contributed by atoms with E-state index in [0.717, 1.165) is 35.9 Å². The number of aromatic nitrogens is 2. The zero-order chi connectivity index (χ0) is 18.1. The van der Waals surface area contributed by atoms with E-state index in [-0.39, 0.29) is 17.1 Å². The van der Waals surface area contributed by atoms with Gasteiger partial charge in [-0.2, -0.15) is 0 Å². The summed E-state index contributed by atoms with van der Waals surface area (Å²) in [6.45, 7) is 2.09. The molecule has 6 heteroatoms. The molecule has 0 aliphatic heterocycles. The van der Waals surface area contributed by atoms with Gasteiger partial charge >= 0.3 is 0 Å². The average Bonchev–Trinajstić information content (AvgIpc) is 3.05. The first-order valence-corrected chi connectivity index (χ1v) is 10.8. The van der Waals surface area contributed by atoms with Gasteiger partial charge in [0.2, 0.25) is 0 Å². The maximum atomic E-state index is 12.5. The Morgan fingerprint density at radius 3 is 2.77 bits per heavy atom. The van der Waals surface area contributed by atoms with Crippen LogP contribution < -0.4 is 5.56 Å². The Hall–Kier alpha value is -1.92. The molecular weight excluding hydrogens is 364 g/mol. The number of thioether (sulfide) groups is 1. The van der Waals surface area contributed by atoms with E-state index in [1.54, 1.807) is 11.3 Å². The lowest BCUT2D eigenvalue weighted by atomic mass is 9.97. The summed E-state index contributed by atoms with van der Waals surface area (Å²) in [4.78, 5) is 34.5. The molecule has 0 saturated carbocycles. The Morgan fingerprint density at radius 1 is 1.23 bits per heavy atom. The predicted octanol–water partition coefficient (Wildman–Crippen LogP) is 4.40. The van der Waals surface area contributed by atoms with Crippen molar-refractivity contribution in [2.75, 3.05) is 5.75 Å². The van der Waals surface area contributed by atoms with E-state index in [1.807, 2.05) is 24.3 Å². The number of nitrogens with one attached hydrogen (secondary N) is 1. The highest BCUT2D eigenvalue weighted by Gasteiger charge is 2.20. The van der Waals surface area contributed by atoms with Gasteiger partial charge in [0, 0.05) is 10.4 Å². The van der Waals surface area contributed by atoms with Crippen LogP contribution in [0, 0.1) is 0 Å². The molecule has 3 aromatic rings. The van der Waals surface area contributed by atoms with Crippen LogP contribution in [0.3, 0.4) is 0 Å². The van der Waals surface area contributed by atoms with Crippen LogP contribution in [0.4, 0.5) is 0 Å². The topological polar surface area (TPSA) is 62.8 Å². The number of benzene rings is 1. The first-order chi connectivity index (χ1) is 12.7. The monoisotopic (exact) mass is 384 g/mol. The Balaban J connectivity index is 1.53. The summed E-state index contributed by atoms with van der Waals surface area (Å²) in [6.07, 6.45) is 5.30. The number of nitrogens with zero attached hydrogens (tertiary/aromatic N) is 1. The van der Waals surface area contributed by atoms with E-state index in [2.05, 4.69) is 16.9 Å². The molecule has 1 aliphatic carbocycles. The second-order valence-electron chi connectivity index (χ2n) is 6.52. The fraction of sp³-hybridized carbons (Fsp3) is 0.350. The van der Waals surface area contributed by atoms with Gasteiger partial charge in [-0.1, -0.05) is 43.0 Å². The Bertz CT molecular complexity index is 1020. The van der Waals surface area contributed by atoms with Gasteiger partial charge in [-0.3, -0.25) is 9.59 Å². The zero-order valence-corrected chi connectivity index (χ0v) is 16.3. The Labute approximate surface area is 160 Å². The zero-order valence-electron chi connectivity index (χ0n) is 14.6. The molecular formula is C20H20N2O2S2. The third-order valence-electron chi connectivity index (χ3n) is 4.83. The molecule has 26 heavy (non-hydrogen) atoms. The SMILES string of the molecule is CCc1ccc(C(=O)CSc2nc3sc4c(c3c(=O)[nH]2)CCCC4)cc1. The van der Waals surface area contributed by atoms with Gasteiger partial charge in [0.25, 0.3) is 5.56 Å². The lowest BCUT2D eigenvalue weighted by Crippen LogP contribution is -2.12. The van der Waals surface area contributed by atoms with Crippen molar-refractivity contribution < 1.29 is 4.79 Å². The molecule has 1 aromatic carbocycles. The Morgan fingerprint density at radius 2 is 2.00 bits per heavy atom. The maximum absolute atomic E-state index is 12.5. The number of fused-ring (bicyclic) bond motifs is 3. The molecule has 4 rings (SSSR count). The number of H-pyrrole nitrogens is 1. The van der Waals surface area contributed by atoms with Crippen LogP contribution in [0.25, 0.3) is 10.2 Å². The molecule has 1 aliphatic rings. The third-order valence-corrected chi connectivity index (χ3v) is 6.89. The second-order valence-corrected chi connectivity index (χ2v) is 8.57. The fourth-order valence-corrected chi connectivity index (χ4v) is 5.43. The summed E-state index contributed by atoms with van der Waals surface area (Å²) in [5.74, 6) is 0.316. The van der Waals surface area contributed by atoms with Crippen LogP contribution >= 0.6 is 23.1 Å². The lowest BCUT2D eigenvalue weighted by molar-refractivity contribution is 0.102. The van der Waals surface area contributed by atoms with E-state index in [1.165, 1.54) is 34.2 Å². The van der Waals surface area contributed by atoms with Crippen LogP contribution in [0.2, 0.25) is 0 Å². The van der Waals surface area contributed by atoms with Crippen LogP contribution in [0.5, 0.6) is 0 Å². The molecule has 0 saturated heterocycles. The van der Waals surface area contributed by atoms with Gasteiger partial charge in [0.05, 0.1) is 11.1 Å². The number of hydrogen-bond donors (Lipinski definition) is 1. The molecule has 2 aromatic heterocycles. The molecule has 1 N–H and O–H groups in total. The lowest BCUT2D eigenvalue weighted by Gasteiger charge is -2.09. The van der Waals surface area contributed by atoms with Crippen molar-refractivity contribution in [3.63, 3.8) is 0 Å². The third kappa shape index (κ3) is 3.35. The predicted molar refractivity (Wildman–Crippen MR) is 108 cm³/mol. The number of hydrogen-bond acceptors (Lipinski definition) is 5. The van der Waals surface area contributed by atoms with Gasteiger partial charge in [-0.15, -0.1) is 11.3 Å². The van der Waals surface area contributed by atoms with Crippen LogP contribution in [0.1, 0.15) is 46.1 Å². The molecule has 0 radical (unpaired) electrons. The smallest absolute Gasteiger partial charge is 0.260 e. The van der Waals surface area contributed by atoms with E-state index >= 15 is 0 Å². The highest BCUT2D eigenvalue weighted by atomic mass is 32.2.